The van der Waals surface area contributed by atoms with Crippen LogP contribution in [0.3, 0.4) is 0 Å². The fraction of sp³-hybridized carbons (Fsp3) is 0.286. The van der Waals surface area contributed by atoms with Gasteiger partial charge in [-0.1, -0.05) is 0 Å². The van der Waals surface area contributed by atoms with E-state index in [1.165, 1.54) is 11.3 Å². The summed E-state index contributed by atoms with van der Waals surface area (Å²) >= 11 is 1.49. The molecular weight excluding hydrogens is 274 g/mol. The van der Waals surface area contributed by atoms with Crippen molar-refractivity contribution in [2.45, 2.75) is 13.8 Å². The zero-order valence-corrected chi connectivity index (χ0v) is 12.3. The molecule has 0 bridgehead atoms. The maximum absolute atomic E-state index is 5.60. The minimum atomic E-state index is 0.594. The van der Waals surface area contributed by atoms with Gasteiger partial charge in [0.2, 0.25) is 5.13 Å². The average molecular weight is 291 g/mol. The van der Waals surface area contributed by atoms with E-state index in [1.807, 2.05) is 37.4 Å². The van der Waals surface area contributed by atoms with Crippen LogP contribution in [0.2, 0.25) is 0 Å². The summed E-state index contributed by atoms with van der Waals surface area (Å²) in [5.41, 5.74) is 3.76. The highest BCUT2D eigenvalue weighted by atomic mass is 32.1. The van der Waals surface area contributed by atoms with E-state index in [0.29, 0.717) is 13.2 Å². The molecule has 0 unspecified atom stereocenters. The first-order valence-electron chi connectivity index (χ1n) is 6.41. The Kier molecular flexibility index (Phi) is 5.37. The van der Waals surface area contributed by atoms with Gasteiger partial charge >= 0.3 is 0 Å². The molecule has 1 aromatic carbocycles. The molecule has 6 heteroatoms. The standard InChI is InChI=1S/C14H17N3O2S/c1-3-18-12-6-5-11(13(9-12)19-4-2)10-16-17-14-15-7-8-20-14/h5-10H,3-4H2,1-2H3,(H,15,17)/b16-10-. The zero-order valence-electron chi connectivity index (χ0n) is 11.5. The van der Waals surface area contributed by atoms with Crippen molar-refractivity contribution in [3.8, 4) is 11.5 Å². The molecule has 2 aromatic rings. The third-order valence-electron chi connectivity index (χ3n) is 2.39. The summed E-state index contributed by atoms with van der Waals surface area (Å²) in [4.78, 5) is 4.09. The summed E-state index contributed by atoms with van der Waals surface area (Å²) in [6.07, 6.45) is 3.44. The SMILES string of the molecule is CCOc1ccc(/C=N\Nc2nccs2)c(OCC)c1. The number of ether oxygens (including phenoxy) is 2. The lowest BCUT2D eigenvalue weighted by atomic mass is 10.2. The van der Waals surface area contributed by atoms with E-state index in [9.17, 15) is 0 Å². The van der Waals surface area contributed by atoms with Gasteiger partial charge in [0.25, 0.3) is 0 Å². The van der Waals surface area contributed by atoms with E-state index >= 15 is 0 Å². The Morgan fingerprint density at radius 3 is 2.85 bits per heavy atom. The first kappa shape index (κ1) is 14.3. The van der Waals surface area contributed by atoms with Crippen LogP contribution in [0.25, 0.3) is 0 Å². The largest absolute Gasteiger partial charge is 0.494 e. The van der Waals surface area contributed by atoms with Crippen molar-refractivity contribution in [1.82, 2.24) is 4.98 Å². The molecule has 0 amide bonds. The number of aromatic nitrogens is 1. The summed E-state index contributed by atoms with van der Waals surface area (Å²) in [6.45, 7) is 5.12. The predicted octanol–water partition coefficient (Wildman–Crippen LogP) is 3.39. The minimum Gasteiger partial charge on any atom is -0.494 e. The smallest absolute Gasteiger partial charge is 0.203 e. The molecule has 1 aromatic heterocycles. The van der Waals surface area contributed by atoms with Crippen LogP contribution in [-0.2, 0) is 0 Å². The number of anilines is 1. The van der Waals surface area contributed by atoms with Gasteiger partial charge in [-0.05, 0) is 26.0 Å². The van der Waals surface area contributed by atoms with Crippen LogP contribution >= 0.6 is 11.3 Å². The Labute approximate surface area is 122 Å². The molecule has 0 aliphatic carbocycles. The maximum atomic E-state index is 5.60. The highest BCUT2D eigenvalue weighted by Gasteiger charge is 2.04. The molecule has 1 heterocycles. The normalized spacial score (nSPS) is 10.7. The minimum absolute atomic E-state index is 0.594. The van der Waals surface area contributed by atoms with Crippen molar-refractivity contribution >= 4 is 22.7 Å². The third-order valence-corrected chi connectivity index (χ3v) is 3.07. The van der Waals surface area contributed by atoms with Gasteiger partial charge < -0.3 is 9.47 Å². The second kappa shape index (κ2) is 7.49. The van der Waals surface area contributed by atoms with Gasteiger partial charge in [-0.15, -0.1) is 11.3 Å². The van der Waals surface area contributed by atoms with Crippen molar-refractivity contribution in [1.29, 1.82) is 0 Å². The fourth-order valence-electron chi connectivity index (χ4n) is 1.59. The van der Waals surface area contributed by atoms with E-state index in [1.54, 1.807) is 12.4 Å². The monoisotopic (exact) mass is 291 g/mol. The summed E-state index contributed by atoms with van der Waals surface area (Å²) in [5, 5.41) is 6.80. The van der Waals surface area contributed by atoms with E-state index < -0.39 is 0 Å². The number of nitrogens with zero attached hydrogens (tertiary/aromatic N) is 2. The maximum Gasteiger partial charge on any atom is 0.203 e. The number of hydrogen-bond donors (Lipinski definition) is 1. The van der Waals surface area contributed by atoms with E-state index in [4.69, 9.17) is 9.47 Å². The lowest BCUT2D eigenvalue weighted by Crippen LogP contribution is -1.99. The van der Waals surface area contributed by atoms with Crippen LogP contribution in [0.4, 0.5) is 5.13 Å². The molecule has 0 saturated carbocycles. The third kappa shape index (κ3) is 3.96. The second-order valence-electron chi connectivity index (χ2n) is 3.77. The van der Waals surface area contributed by atoms with Gasteiger partial charge in [-0.2, -0.15) is 5.10 Å². The Hall–Kier alpha value is -2.08. The molecule has 5 nitrogen and oxygen atoms in total. The molecule has 20 heavy (non-hydrogen) atoms. The molecule has 2 rings (SSSR count). The Balaban J connectivity index is 2.10. The van der Waals surface area contributed by atoms with Gasteiger partial charge in [-0.25, -0.2) is 4.98 Å². The Morgan fingerprint density at radius 2 is 2.15 bits per heavy atom. The second-order valence-corrected chi connectivity index (χ2v) is 4.67. The summed E-state index contributed by atoms with van der Waals surface area (Å²) in [5.74, 6) is 1.55. The molecule has 0 atom stereocenters. The summed E-state index contributed by atoms with van der Waals surface area (Å²) in [6, 6.07) is 5.69. The fourth-order valence-corrected chi connectivity index (χ4v) is 2.07. The highest BCUT2D eigenvalue weighted by Crippen LogP contribution is 2.24. The first-order valence-corrected chi connectivity index (χ1v) is 7.29. The summed E-state index contributed by atoms with van der Waals surface area (Å²) in [7, 11) is 0. The number of benzene rings is 1. The van der Waals surface area contributed by atoms with Crippen LogP contribution in [-0.4, -0.2) is 24.4 Å². The highest BCUT2D eigenvalue weighted by molar-refractivity contribution is 7.13. The van der Waals surface area contributed by atoms with Crippen LogP contribution in [0.15, 0.2) is 34.9 Å². The van der Waals surface area contributed by atoms with Crippen LogP contribution in [0.1, 0.15) is 19.4 Å². The molecule has 0 aliphatic rings. The molecular formula is C14H17N3O2S. The number of hydrogen-bond acceptors (Lipinski definition) is 6. The number of rotatable bonds is 7. The molecule has 106 valence electrons. The van der Waals surface area contributed by atoms with Gasteiger partial charge in [0.1, 0.15) is 11.5 Å². The summed E-state index contributed by atoms with van der Waals surface area (Å²) < 4.78 is 11.1. The van der Waals surface area contributed by atoms with Crippen molar-refractivity contribution in [3.05, 3.63) is 35.3 Å². The molecule has 0 aliphatic heterocycles. The Morgan fingerprint density at radius 1 is 1.30 bits per heavy atom. The first-order chi connectivity index (χ1) is 9.83. The number of hydrazone groups is 1. The van der Waals surface area contributed by atoms with Crippen molar-refractivity contribution in [2.75, 3.05) is 18.6 Å². The zero-order chi connectivity index (χ0) is 14.2. The molecule has 1 N–H and O–H groups in total. The van der Waals surface area contributed by atoms with Gasteiger partial charge in [0.05, 0.1) is 19.4 Å². The number of nitrogens with one attached hydrogen (secondary N) is 1. The van der Waals surface area contributed by atoms with Crippen molar-refractivity contribution in [3.63, 3.8) is 0 Å². The Bertz CT molecular complexity index is 556. The lowest BCUT2D eigenvalue weighted by molar-refractivity contribution is 0.323. The van der Waals surface area contributed by atoms with E-state index in [-0.39, 0.29) is 0 Å². The van der Waals surface area contributed by atoms with Crippen molar-refractivity contribution < 1.29 is 9.47 Å². The number of thiazole rings is 1. The molecule has 0 radical (unpaired) electrons. The quantitative estimate of drug-likeness (QED) is 0.627. The van der Waals surface area contributed by atoms with Crippen LogP contribution in [0.5, 0.6) is 11.5 Å². The van der Waals surface area contributed by atoms with E-state index in [0.717, 1.165) is 22.2 Å². The average Bonchev–Trinajstić information content (AvgIpc) is 2.95. The van der Waals surface area contributed by atoms with Gasteiger partial charge in [0.15, 0.2) is 0 Å². The van der Waals surface area contributed by atoms with Crippen LogP contribution in [0, 0.1) is 0 Å². The van der Waals surface area contributed by atoms with Gasteiger partial charge in [-0.3, -0.25) is 5.43 Å². The predicted molar refractivity (Wildman–Crippen MR) is 82.1 cm³/mol. The molecule has 0 spiro atoms. The van der Waals surface area contributed by atoms with E-state index in [2.05, 4.69) is 15.5 Å². The topological polar surface area (TPSA) is 55.7 Å². The molecule has 0 saturated heterocycles. The van der Waals surface area contributed by atoms with Gasteiger partial charge in [0, 0.05) is 23.2 Å². The molecule has 0 fully saturated rings. The van der Waals surface area contributed by atoms with Crippen molar-refractivity contribution in [2.24, 2.45) is 5.10 Å². The van der Waals surface area contributed by atoms with Crippen LogP contribution < -0.4 is 14.9 Å². The lowest BCUT2D eigenvalue weighted by Gasteiger charge is -2.09.